The molecule has 1 atom stereocenters. The molecule has 1 unspecified atom stereocenters. The molecule has 0 saturated carbocycles. The number of hydrogen-bond acceptors (Lipinski definition) is 4. The van der Waals surface area contributed by atoms with Crippen LogP contribution in [0.2, 0.25) is 0 Å². The van der Waals surface area contributed by atoms with Gasteiger partial charge >= 0.3 is 0 Å². The first kappa shape index (κ1) is 13.0. The number of nitrogens with one attached hydrogen (secondary N) is 1. The predicted octanol–water partition coefficient (Wildman–Crippen LogP) is 0.873. The van der Waals surface area contributed by atoms with Crippen LogP contribution in [-0.2, 0) is 14.8 Å². The second kappa shape index (κ2) is 5.48. The quantitative estimate of drug-likeness (QED) is 0.877. The molecule has 18 heavy (non-hydrogen) atoms. The topological polar surface area (TPSA) is 79.2 Å². The number of hydrogen-bond donors (Lipinski definition) is 1. The lowest BCUT2D eigenvalue weighted by molar-refractivity contribution is 0.186. The second-order valence-corrected chi connectivity index (χ2v) is 5.99. The van der Waals surface area contributed by atoms with Gasteiger partial charge in [-0.05, 0) is 30.5 Å². The minimum absolute atomic E-state index is 0.125. The van der Waals surface area contributed by atoms with Gasteiger partial charge in [0.15, 0.2) is 0 Å². The van der Waals surface area contributed by atoms with Crippen molar-refractivity contribution in [3.05, 3.63) is 29.8 Å². The van der Waals surface area contributed by atoms with Crippen LogP contribution in [0.25, 0.3) is 0 Å². The van der Waals surface area contributed by atoms with Crippen LogP contribution in [0.1, 0.15) is 12.0 Å². The smallest absolute Gasteiger partial charge is 0.240 e. The van der Waals surface area contributed by atoms with Crippen molar-refractivity contribution in [2.75, 3.05) is 19.8 Å². The molecule has 1 aromatic rings. The fourth-order valence-corrected chi connectivity index (χ4v) is 2.95. The number of sulfonamides is 1. The van der Waals surface area contributed by atoms with E-state index >= 15 is 0 Å². The lowest BCUT2D eigenvalue weighted by atomic mass is 10.1. The van der Waals surface area contributed by atoms with Gasteiger partial charge in [0.2, 0.25) is 10.0 Å². The molecule has 0 aromatic heterocycles. The lowest BCUT2D eigenvalue weighted by Crippen LogP contribution is -2.29. The molecule has 0 amide bonds. The first-order chi connectivity index (χ1) is 8.62. The monoisotopic (exact) mass is 266 g/mol. The van der Waals surface area contributed by atoms with E-state index in [9.17, 15) is 8.42 Å². The van der Waals surface area contributed by atoms with Crippen LogP contribution < -0.4 is 4.72 Å². The summed E-state index contributed by atoms with van der Waals surface area (Å²) < 4.78 is 31.7. The van der Waals surface area contributed by atoms with Gasteiger partial charge in [-0.3, -0.25) is 0 Å². The Morgan fingerprint density at radius 3 is 3.00 bits per heavy atom. The summed E-state index contributed by atoms with van der Waals surface area (Å²) in [6.07, 6.45) is 0.876. The van der Waals surface area contributed by atoms with E-state index in [1.807, 2.05) is 6.07 Å². The van der Waals surface area contributed by atoms with Crippen molar-refractivity contribution < 1.29 is 13.2 Å². The molecule has 0 radical (unpaired) electrons. The average molecular weight is 266 g/mol. The summed E-state index contributed by atoms with van der Waals surface area (Å²) in [4.78, 5) is 0.125. The average Bonchev–Trinajstić information content (AvgIpc) is 2.90. The minimum Gasteiger partial charge on any atom is -0.381 e. The zero-order valence-corrected chi connectivity index (χ0v) is 10.6. The molecule has 1 heterocycles. The molecule has 0 spiro atoms. The van der Waals surface area contributed by atoms with Crippen molar-refractivity contribution >= 4 is 10.0 Å². The summed E-state index contributed by atoms with van der Waals surface area (Å²) in [5.41, 5.74) is 0.335. The Labute approximate surface area is 106 Å². The van der Waals surface area contributed by atoms with Crippen molar-refractivity contribution in [2.45, 2.75) is 11.3 Å². The fourth-order valence-electron chi connectivity index (χ4n) is 1.79. The molecule has 96 valence electrons. The van der Waals surface area contributed by atoms with E-state index in [0.717, 1.165) is 6.42 Å². The molecule has 1 aliphatic rings. The van der Waals surface area contributed by atoms with Gasteiger partial charge in [-0.15, -0.1) is 0 Å². The standard InChI is InChI=1S/C12H14N2O3S/c13-7-10-2-1-3-12(6-10)18(15,16)14-8-11-4-5-17-9-11/h1-3,6,11,14H,4-5,8-9H2. The largest absolute Gasteiger partial charge is 0.381 e. The van der Waals surface area contributed by atoms with E-state index in [-0.39, 0.29) is 10.8 Å². The van der Waals surface area contributed by atoms with E-state index in [1.165, 1.54) is 12.1 Å². The summed E-state index contributed by atoms with van der Waals surface area (Å²) in [7, 11) is -3.54. The SMILES string of the molecule is N#Cc1cccc(S(=O)(=O)NCC2CCOC2)c1. The van der Waals surface area contributed by atoms with Gasteiger partial charge in [-0.25, -0.2) is 13.1 Å². The fraction of sp³-hybridized carbons (Fsp3) is 0.417. The summed E-state index contributed by atoms with van der Waals surface area (Å²) in [5, 5.41) is 8.75. The maximum atomic E-state index is 12.0. The Hall–Kier alpha value is -1.42. The Balaban J connectivity index is 2.07. The molecule has 0 bridgehead atoms. The van der Waals surface area contributed by atoms with Crippen LogP contribution >= 0.6 is 0 Å². The van der Waals surface area contributed by atoms with Gasteiger partial charge in [-0.1, -0.05) is 6.07 Å². The number of nitrogens with zero attached hydrogens (tertiary/aromatic N) is 1. The van der Waals surface area contributed by atoms with E-state index < -0.39 is 10.0 Å². The number of ether oxygens (including phenoxy) is 1. The summed E-state index contributed by atoms with van der Waals surface area (Å²) in [6, 6.07) is 7.91. The minimum atomic E-state index is -3.54. The van der Waals surface area contributed by atoms with Crippen molar-refractivity contribution in [1.82, 2.24) is 4.72 Å². The summed E-state index contributed by atoms with van der Waals surface area (Å²) >= 11 is 0. The second-order valence-electron chi connectivity index (χ2n) is 4.22. The maximum Gasteiger partial charge on any atom is 0.240 e. The molecule has 1 aliphatic heterocycles. The van der Waals surface area contributed by atoms with Gasteiger partial charge in [0, 0.05) is 13.2 Å². The van der Waals surface area contributed by atoms with E-state index in [4.69, 9.17) is 10.00 Å². The summed E-state index contributed by atoms with van der Waals surface area (Å²) in [5.74, 6) is 0.235. The number of benzene rings is 1. The Morgan fingerprint density at radius 1 is 1.50 bits per heavy atom. The zero-order valence-electron chi connectivity index (χ0n) is 9.80. The first-order valence-corrected chi connectivity index (χ1v) is 7.18. The van der Waals surface area contributed by atoms with E-state index in [1.54, 1.807) is 12.1 Å². The molecule has 1 N–H and O–H groups in total. The molecule has 6 heteroatoms. The molecular weight excluding hydrogens is 252 g/mol. The molecule has 1 fully saturated rings. The van der Waals surface area contributed by atoms with Gasteiger partial charge < -0.3 is 4.74 Å². The Morgan fingerprint density at radius 2 is 2.33 bits per heavy atom. The lowest BCUT2D eigenvalue weighted by Gasteiger charge is -2.10. The van der Waals surface area contributed by atoms with Crippen LogP contribution in [0.3, 0.4) is 0 Å². The third-order valence-electron chi connectivity index (χ3n) is 2.86. The van der Waals surface area contributed by atoms with Crippen molar-refractivity contribution in [2.24, 2.45) is 5.92 Å². The number of nitriles is 1. The van der Waals surface area contributed by atoms with Gasteiger partial charge in [0.1, 0.15) is 0 Å². The molecule has 5 nitrogen and oxygen atoms in total. The first-order valence-electron chi connectivity index (χ1n) is 5.69. The van der Waals surface area contributed by atoms with Crippen LogP contribution in [0.15, 0.2) is 29.2 Å². The van der Waals surface area contributed by atoms with Gasteiger partial charge in [0.25, 0.3) is 0 Å². The van der Waals surface area contributed by atoms with Crippen molar-refractivity contribution in [3.63, 3.8) is 0 Å². The highest BCUT2D eigenvalue weighted by Crippen LogP contribution is 2.14. The maximum absolute atomic E-state index is 12.0. The van der Waals surface area contributed by atoms with Crippen LogP contribution in [0, 0.1) is 17.2 Å². The third-order valence-corrected chi connectivity index (χ3v) is 4.28. The molecule has 1 saturated heterocycles. The highest BCUT2D eigenvalue weighted by molar-refractivity contribution is 7.89. The highest BCUT2D eigenvalue weighted by atomic mass is 32.2. The predicted molar refractivity (Wildman–Crippen MR) is 65.3 cm³/mol. The van der Waals surface area contributed by atoms with Gasteiger partial charge in [0.05, 0.1) is 23.1 Å². The Bertz CT molecular complexity index is 557. The molecule has 1 aromatic carbocycles. The van der Waals surface area contributed by atoms with Crippen LogP contribution in [-0.4, -0.2) is 28.2 Å². The van der Waals surface area contributed by atoms with E-state index in [0.29, 0.717) is 25.3 Å². The number of rotatable bonds is 4. The molecule has 0 aliphatic carbocycles. The zero-order chi connectivity index (χ0) is 13.0. The Kier molecular flexibility index (Phi) is 3.97. The normalized spacial score (nSPS) is 19.6. The highest BCUT2D eigenvalue weighted by Gasteiger charge is 2.20. The third kappa shape index (κ3) is 3.07. The van der Waals surface area contributed by atoms with Crippen molar-refractivity contribution in [3.8, 4) is 6.07 Å². The van der Waals surface area contributed by atoms with Crippen LogP contribution in [0.4, 0.5) is 0 Å². The van der Waals surface area contributed by atoms with Gasteiger partial charge in [-0.2, -0.15) is 5.26 Å². The summed E-state index contributed by atoms with van der Waals surface area (Å²) in [6.45, 7) is 1.66. The molecule has 2 rings (SSSR count). The van der Waals surface area contributed by atoms with Crippen LogP contribution in [0.5, 0.6) is 0 Å². The van der Waals surface area contributed by atoms with Crippen molar-refractivity contribution in [1.29, 1.82) is 5.26 Å². The van der Waals surface area contributed by atoms with E-state index in [2.05, 4.69) is 4.72 Å². The molecular formula is C12H14N2O3S.